The molecule has 1 unspecified atom stereocenters. The van der Waals surface area contributed by atoms with Gasteiger partial charge in [-0.25, -0.2) is 0 Å². The van der Waals surface area contributed by atoms with Gasteiger partial charge in [0, 0.05) is 12.1 Å². The molecular weight excluding hydrogens is 328 g/mol. The van der Waals surface area contributed by atoms with Gasteiger partial charge in [0.05, 0.1) is 19.3 Å². The molecule has 0 radical (unpaired) electrons. The van der Waals surface area contributed by atoms with Crippen LogP contribution in [-0.4, -0.2) is 31.7 Å². The molecule has 1 aliphatic carbocycles. The van der Waals surface area contributed by atoms with E-state index in [2.05, 4.69) is 19.2 Å². The number of hydrogen-bond acceptors (Lipinski definition) is 4. The van der Waals surface area contributed by atoms with Crippen LogP contribution in [0.1, 0.15) is 44.0 Å². The lowest BCUT2D eigenvalue weighted by molar-refractivity contribution is 0.0897. The largest absolute Gasteiger partial charge is 0.493 e. The predicted octanol–water partition coefficient (Wildman–Crippen LogP) is 3.01. The molecule has 1 aliphatic rings. The topological polar surface area (TPSA) is 73.6 Å². The molecule has 0 aromatic heterocycles. The van der Waals surface area contributed by atoms with Crippen LogP contribution >= 0.6 is 12.4 Å². The molecule has 3 N–H and O–H groups in total. The van der Waals surface area contributed by atoms with Crippen LogP contribution in [0.2, 0.25) is 0 Å². The molecule has 5 nitrogen and oxygen atoms in total. The third kappa shape index (κ3) is 5.02. The van der Waals surface area contributed by atoms with Gasteiger partial charge in [-0.05, 0) is 49.8 Å². The summed E-state index contributed by atoms with van der Waals surface area (Å²) in [4.78, 5) is 12.5. The molecule has 0 heterocycles. The van der Waals surface area contributed by atoms with Crippen molar-refractivity contribution in [1.29, 1.82) is 0 Å². The number of methoxy groups -OCH3 is 1. The van der Waals surface area contributed by atoms with Gasteiger partial charge in [-0.1, -0.05) is 13.8 Å². The van der Waals surface area contributed by atoms with E-state index in [9.17, 15) is 4.79 Å². The van der Waals surface area contributed by atoms with E-state index >= 15 is 0 Å². The second-order valence-corrected chi connectivity index (χ2v) is 6.92. The number of rotatable bonds is 8. The average molecular weight is 357 g/mol. The van der Waals surface area contributed by atoms with Crippen LogP contribution < -0.4 is 20.5 Å². The third-order valence-corrected chi connectivity index (χ3v) is 4.30. The first-order chi connectivity index (χ1) is 10.9. The summed E-state index contributed by atoms with van der Waals surface area (Å²) in [6.07, 6.45) is 2.25. The van der Waals surface area contributed by atoms with Crippen molar-refractivity contribution in [3.05, 3.63) is 23.8 Å². The molecule has 2 rings (SSSR count). The van der Waals surface area contributed by atoms with E-state index in [-0.39, 0.29) is 23.9 Å². The van der Waals surface area contributed by atoms with E-state index in [1.165, 1.54) is 0 Å². The van der Waals surface area contributed by atoms with E-state index in [4.69, 9.17) is 15.2 Å². The summed E-state index contributed by atoms with van der Waals surface area (Å²) in [5.74, 6) is 2.00. The molecular formula is C18H29ClN2O3. The Morgan fingerprint density at radius 2 is 2.04 bits per heavy atom. The van der Waals surface area contributed by atoms with Gasteiger partial charge in [-0.2, -0.15) is 0 Å². The van der Waals surface area contributed by atoms with Crippen molar-refractivity contribution >= 4 is 18.3 Å². The van der Waals surface area contributed by atoms with Crippen molar-refractivity contribution in [2.45, 2.75) is 39.2 Å². The van der Waals surface area contributed by atoms with Gasteiger partial charge >= 0.3 is 0 Å². The lowest BCUT2D eigenvalue weighted by Gasteiger charge is -2.29. The standard InChI is InChI=1S/C18H28N2O3.ClH/c1-12(2)10-23-15-8-5-13(9-16(15)22-4)17(21)20-18(3,11-19)14-6-7-14;/h5,8-9,12,14H,6-7,10-11,19H2,1-4H3,(H,20,21);1H. The summed E-state index contributed by atoms with van der Waals surface area (Å²) in [5.41, 5.74) is 6.08. The van der Waals surface area contributed by atoms with E-state index < -0.39 is 0 Å². The minimum absolute atomic E-state index is 0. The van der Waals surface area contributed by atoms with Gasteiger partial charge in [-0.15, -0.1) is 12.4 Å². The number of carbonyl (C=O) groups is 1. The molecule has 6 heteroatoms. The molecule has 136 valence electrons. The molecule has 0 spiro atoms. The lowest BCUT2D eigenvalue weighted by atomic mass is 9.95. The Bertz CT molecular complexity index is 561. The number of halogens is 1. The number of benzene rings is 1. The van der Waals surface area contributed by atoms with Gasteiger partial charge in [0.25, 0.3) is 5.91 Å². The molecule has 0 saturated heterocycles. The van der Waals surface area contributed by atoms with Crippen molar-refractivity contribution in [2.24, 2.45) is 17.6 Å². The van der Waals surface area contributed by atoms with E-state index in [0.717, 1.165) is 12.8 Å². The Morgan fingerprint density at radius 1 is 1.38 bits per heavy atom. The molecule has 1 atom stereocenters. The van der Waals surface area contributed by atoms with Crippen molar-refractivity contribution in [1.82, 2.24) is 5.32 Å². The van der Waals surface area contributed by atoms with Gasteiger partial charge < -0.3 is 20.5 Å². The fourth-order valence-electron chi connectivity index (χ4n) is 2.56. The SMILES string of the molecule is COc1cc(C(=O)NC(C)(CN)C2CC2)ccc1OCC(C)C.Cl. The van der Waals surface area contributed by atoms with Crippen LogP contribution in [0.4, 0.5) is 0 Å². The zero-order valence-corrected chi connectivity index (χ0v) is 15.7. The molecule has 1 amide bonds. The molecule has 0 aliphatic heterocycles. The molecule has 1 aromatic rings. The normalized spacial score (nSPS) is 16.1. The molecule has 24 heavy (non-hydrogen) atoms. The Balaban J connectivity index is 0.00000288. The Morgan fingerprint density at radius 3 is 2.54 bits per heavy atom. The number of nitrogens with one attached hydrogen (secondary N) is 1. The van der Waals surface area contributed by atoms with Crippen LogP contribution in [0.15, 0.2) is 18.2 Å². The quantitative estimate of drug-likeness (QED) is 0.751. The number of ether oxygens (including phenoxy) is 2. The molecule has 1 aromatic carbocycles. The van der Waals surface area contributed by atoms with Crippen LogP contribution in [0.3, 0.4) is 0 Å². The summed E-state index contributed by atoms with van der Waals surface area (Å²) in [6, 6.07) is 5.26. The van der Waals surface area contributed by atoms with Crippen molar-refractivity contribution < 1.29 is 14.3 Å². The Labute approximate surface area is 150 Å². The molecule has 1 saturated carbocycles. The first kappa shape index (κ1) is 20.6. The number of amides is 1. The highest BCUT2D eigenvalue weighted by Gasteiger charge is 2.41. The minimum Gasteiger partial charge on any atom is -0.493 e. The summed E-state index contributed by atoms with van der Waals surface area (Å²) in [6.45, 7) is 7.23. The van der Waals surface area contributed by atoms with Crippen LogP contribution in [-0.2, 0) is 0 Å². The monoisotopic (exact) mass is 356 g/mol. The average Bonchev–Trinajstić information content (AvgIpc) is 3.37. The minimum atomic E-state index is -0.336. The molecule has 1 fully saturated rings. The van der Waals surface area contributed by atoms with Crippen LogP contribution in [0, 0.1) is 11.8 Å². The first-order valence-corrected chi connectivity index (χ1v) is 8.23. The van der Waals surface area contributed by atoms with Crippen LogP contribution in [0.5, 0.6) is 11.5 Å². The second-order valence-electron chi connectivity index (χ2n) is 6.92. The Kier molecular flexibility index (Phi) is 7.36. The fraction of sp³-hybridized carbons (Fsp3) is 0.611. The van der Waals surface area contributed by atoms with Gasteiger partial charge in [0.2, 0.25) is 0 Å². The zero-order valence-electron chi connectivity index (χ0n) is 14.9. The maximum Gasteiger partial charge on any atom is 0.251 e. The number of nitrogens with two attached hydrogens (primary N) is 1. The highest BCUT2D eigenvalue weighted by molar-refractivity contribution is 5.95. The van der Waals surface area contributed by atoms with Crippen LogP contribution in [0.25, 0.3) is 0 Å². The highest BCUT2D eigenvalue weighted by Crippen LogP contribution is 2.39. The molecule has 0 bridgehead atoms. The highest BCUT2D eigenvalue weighted by atomic mass is 35.5. The van der Waals surface area contributed by atoms with Crippen molar-refractivity contribution in [3.8, 4) is 11.5 Å². The summed E-state index contributed by atoms with van der Waals surface area (Å²) in [7, 11) is 1.58. The lowest BCUT2D eigenvalue weighted by Crippen LogP contribution is -2.53. The maximum absolute atomic E-state index is 12.5. The van der Waals surface area contributed by atoms with E-state index in [1.807, 2.05) is 6.92 Å². The van der Waals surface area contributed by atoms with Gasteiger partial charge in [0.1, 0.15) is 0 Å². The van der Waals surface area contributed by atoms with E-state index in [0.29, 0.717) is 42.0 Å². The van der Waals surface area contributed by atoms with Gasteiger partial charge in [-0.3, -0.25) is 4.79 Å². The first-order valence-electron chi connectivity index (χ1n) is 8.23. The number of carbonyl (C=O) groups excluding carboxylic acids is 1. The fourth-order valence-corrected chi connectivity index (χ4v) is 2.56. The second kappa shape index (κ2) is 8.58. The summed E-state index contributed by atoms with van der Waals surface area (Å²) < 4.78 is 11.1. The zero-order chi connectivity index (χ0) is 17.0. The van der Waals surface area contributed by atoms with Crippen molar-refractivity contribution in [3.63, 3.8) is 0 Å². The summed E-state index contributed by atoms with van der Waals surface area (Å²) >= 11 is 0. The summed E-state index contributed by atoms with van der Waals surface area (Å²) in [5, 5.41) is 3.08. The van der Waals surface area contributed by atoms with Crippen molar-refractivity contribution in [2.75, 3.05) is 20.3 Å². The predicted molar refractivity (Wildman–Crippen MR) is 98.2 cm³/mol. The van der Waals surface area contributed by atoms with Gasteiger partial charge in [0.15, 0.2) is 11.5 Å². The number of hydrogen-bond donors (Lipinski definition) is 2. The maximum atomic E-state index is 12.5. The third-order valence-electron chi connectivity index (χ3n) is 4.30. The smallest absolute Gasteiger partial charge is 0.251 e. The van der Waals surface area contributed by atoms with E-state index in [1.54, 1.807) is 25.3 Å². The Hall–Kier alpha value is -1.46.